The highest BCUT2D eigenvalue weighted by Gasteiger charge is 2.28. The number of likely N-dealkylation sites (tertiary alicyclic amines) is 1. The molecule has 3 aromatic rings. The van der Waals surface area contributed by atoms with Crippen LogP contribution in [0.25, 0.3) is 11.1 Å². The van der Waals surface area contributed by atoms with Gasteiger partial charge >= 0.3 is 0 Å². The normalized spacial score (nSPS) is 16.6. The van der Waals surface area contributed by atoms with E-state index in [1.165, 1.54) is 12.1 Å². The van der Waals surface area contributed by atoms with Crippen LogP contribution in [0.1, 0.15) is 39.9 Å². The third kappa shape index (κ3) is 4.70. The highest BCUT2D eigenvalue weighted by molar-refractivity contribution is 5.95. The molecule has 7 nitrogen and oxygen atoms in total. The van der Waals surface area contributed by atoms with E-state index in [1.807, 2.05) is 12.1 Å². The van der Waals surface area contributed by atoms with Crippen LogP contribution in [0.3, 0.4) is 0 Å². The van der Waals surface area contributed by atoms with Gasteiger partial charge in [-0.25, -0.2) is 9.37 Å². The second kappa shape index (κ2) is 9.38. The number of likely N-dealkylation sites (N-methyl/N-ethyl adjacent to an activating group) is 1. The second-order valence-corrected chi connectivity index (χ2v) is 8.19. The smallest absolute Gasteiger partial charge is 0.254 e. The fraction of sp³-hybridized carbons (Fsp3) is 0.240. The Labute approximate surface area is 191 Å². The summed E-state index contributed by atoms with van der Waals surface area (Å²) >= 11 is 0. The molecule has 2 aromatic carbocycles. The van der Waals surface area contributed by atoms with Gasteiger partial charge in [0.25, 0.3) is 5.91 Å². The second-order valence-electron chi connectivity index (χ2n) is 8.19. The minimum Gasteiger partial charge on any atom is -0.394 e. The quantitative estimate of drug-likeness (QED) is 0.537. The van der Waals surface area contributed by atoms with Crippen molar-refractivity contribution in [2.24, 2.45) is 0 Å². The van der Waals surface area contributed by atoms with Gasteiger partial charge in [0, 0.05) is 37.7 Å². The fourth-order valence-corrected chi connectivity index (χ4v) is 4.06. The van der Waals surface area contributed by atoms with Crippen LogP contribution in [0.15, 0.2) is 60.8 Å². The van der Waals surface area contributed by atoms with E-state index in [0.29, 0.717) is 24.1 Å². The number of aromatic nitrogens is 1. The van der Waals surface area contributed by atoms with Crippen molar-refractivity contribution in [1.82, 2.24) is 15.2 Å². The van der Waals surface area contributed by atoms with Gasteiger partial charge in [-0.1, -0.05) is 36.4 Å². The number of aliphatic hydroxyl groups is 1. The number of nitrogens with two attached hydrogens (primary N) is 1. The lowest BCUT2D eigenvalue weighted by molar-refractivity contribution is -0.126. The van der Waals surface area contributed by atoms with Gasteiger partial charge < -0.3 is 21.1 Å². The van der Waals surface area contributed by atoms with Gasteiger partial charge in [0.2, 0.25) is 5.91 Å². The first-order chi connectivity index (χ1) is 15.9. The molecule has 4 N–H and O–H groups in total. The van der Waals surface area contributed by atoms with Crippen LogP contribution >= 0.6 is 0 Å². The van der Waals surface area contributed by atoms with E-state index >= 15 is 0 Å². The molecule has 2 amide bonds. The molecule has 170 valence electrons. The van der Waals surface area contributed by atoms with Crippen LogP contribution in [0.4, 0.5) is 10.2 Å². The van der Waals surface area contributed by atoms with Gasteiger partial charge in [-0.05, 0) is 34.9 Å². The lowest BCUT2D eigenvalue weighted by Crippen LogP contribution is -2.31. The molecule has 0 saturated carbocycles. The van der Waals surface area contributed by atoms with Crippen molar-refractivity contribution in [2.45, 2.75) is 18.4 Å². The topological polar surface area (TPSA) is 109 Å². The van der Waals surface area contributed by atoms with Crippen LogP contribution in [-0.2, 0) is 4.79 Å². The molecular formula is C25H25FN4O3. The molecule has 2 atom stereocenters. The monoisotopic (exact) mass is 448 g/mol. The summed E-state index contributed by atoms with van der Waals surface area (Å²) in [5.41, 5.74) is 8.51. The largest absolute Gasteiger partial charge is 0.394 e. The average molecular weight is 448 g/mol. The highest BCUT2D eigenvalue weighted by atomic mass is 19.1. The van der Waals surface area contributed by atoms with Crippen molar-refractivity contribution in [2.75, 3.05) is 25.9 Å². The molecule has 0 bridgehead atoms. The van der Waals surface area contributed by atoms with Gasteiger partial charge in [-0.3, -0.25) is 9.59 Å². The van der Waals surface area contributed by atoms with Crippen molar-refractivity contribution >= 4 is 17.6 Å². The Morgan fingerprint density at radius 2 is 2.03 bits per heavy atom. The van der Waals surface area contributed by atoms with Crippen LogP contribution < -0.4 is 11.1 Å². The Kier molecular flexibility index (Phi) is 6.37. The Balaban J connectivity index is 1.57. The number of aliphatic hydroxyl groups excluding tert-OH is 1. The van der Waals surface area contributed by atoms with Crippen molar-refractivity contribution in [3.8, 4) is 11.1 Å². The van der Waals surface area contributed by atoms with E-state index in [0.717, 1.165) is 11.1 Å². The van der Waals surface area contributed by atoms with E-state index in [9.17, 15) is 19.1 Å². The predicted molar refractivity (Wildman–Crippen MR) is 123 cm³/mol. The van der Waals surface area contributed by atoms with E-state index in [-0.39, 0.29) is 29.8 Å². The number of rotatable bonds is 6. The van der Waals surface area contributed by atoms with E-state index < -0.39 is 17.8 Å². The Bertz CT molecular complexity index is 1190. The Morgan fingerprint density at radius 3 is 2.67 bits per heavy atom. The number of hydrogen-bond acceptors (Lipinski definition) is 5. The number of carbonyl (C=O) groups excluding carboxylic acids is 2. The van der Waals surface area contributed by atoms with Crippen LogP contribution in [-0.4, -0.2) is 47.0 Å². The average Bonchev–Trinajstić information content (AvgIpc) is 3.16. The lowest BCUT2D eigenvalue weighted by Gasteiger charge is -2.17. The third-order valence-electron chi connectivity index (χ3n) is 5.97. The summed E-state index contributed by atoms with van der Waals surface area (Å²) in [5.74, 6) is -1.05. The molecule has 4 rings (SSSR count). The van der Waals surface area contributed by atoms with Crippen LogP contribution in [0, 0.1) is 5.82 Å². The van der Waals surface area contributed by atoms with Gasteiger partial charge in [0.1, 0.15) is 11.6 Å². The molecule has 2 heterocycles. The van der Waals surface area contributed by atoms with Crippen molar-refractivity contribution in [3.63, 3.8) is 0 Å². The first-order valence-electron chi connectivity index (χ1n) is 10.6. The number of carbonyl (C=O) groups is 2. The maximum absolute atomic E-state index is 14.9. The first-order valence-corrected chi connectivity index (χ1v) is 10.6. The van der Waals surface area contributed by atoms with Gasteiger partial charge in [-0.2, -0.15) is 0 Å². The number of pyridine rings is 1. The summed E-state index contributed by atoms with van der Waals surface area (Å²) in [6, 6.07) is 14.4. The first kappa shape index (κ1) is 22.4. The number of hydrogen-bond donors (Lipinski definition) is 3. The maximum Gasteiger partial charge on any atom is 0.254 e. The standard InChI is InChI=1S/C25H25FN4O3/c1-30-13-18(11-23(30)32)17-9-20(24(27)28-12-17)16-7-8-19(21(26)10-16)25(33)29-22(14-31)15-5-3-2-4-6-15/h2-10,12,18,22,31H,11,13-14H2,1H3,(H2,27,28)(H,29,33). The molecule has 2 unspecified atom stereocenters. The van der Waals surface area contributed by atoms with Gasteiger partial charge in [0.05, 0.1) is 18.2 Å². The molecule has 0 radical (unpaired) electrons. The molecule has 1 fully saturated rings. The van der Waals surface area contributed by atoms with Crippen LogP contribution in [0.5, 0.6) is 0 Å². The number of amides is 2. The molecule has 1 saturated heterocycles. The molecular weight excluding hydrogens is 423 g/mol. The van der Waals surface area contributed by atoms with E-state index in [4.69, 9.17) is 5.73 Å². The zero-order chi connectivity index (χ0) is 23.5. The predicted octanol–water partition coefficient (Wildman–Crippen LogP) is 2.88. The van der Waals surface area contributed by atoms with Crippen LogP contribution in [0.2, 0.25) is 0 Å². The van der Waals surface area contributed by atoms with Crippen molar-refractivity contribution < 1.29 is 19.1 Å². The summed E-state index contributed by atoms with van der Waals surface area (Å²) in [7, 11) is 1.76. The number of halogens is 1. The summed E-state index contributed by atoms with van der Waals surface area (Å²) in [6.07, 6.45) is 2.04. The van der Waals surface area contributed by atoms with Gasteiger partial charge in [-0.15, -0.1) is 0 Å². The van der Waals surface area contributed by atoms with Gasteiger partial charge in [0.15, 0.2) is 0 Å². The number of nitrogens with zero attached hydrogens (tertiary/aromatic N) is 2. The maximum atomic E-state index is 14.9. The molecule has 0 aliphatic carbocycles. The molecule has 0 spiro atoms. The zero-order valence-electron chi connectivity index (χ0n) is 18.2. The molecule has 33 heavy (non-hydrogen) atoms. The summed E-state index contributed by atoms with van der Waals surface area (Å²) < 4.78 is 14.9. The Hall–Kier alpha value is -3.78. The van der Waals surface area contributed by atoms with E-state index in [2.05, 4.69) is 10.3 Å². The third-order valence-corrected chi connectivity index (χ3v) is 5.97. The molecule has 1 aromatic heterocycles. The summed E-state index contributed by atoms with van der Waals surface area (Å²) in [4.78, 5) is 30.5. The van der Waals surface area contributed by atoms with Crippen molar-refractivity contribution in [3.05, 3.63) is 83.3 Å². The summed E-state index contributed by atoms with van der Waals surface area (Å²) in [5, 5.41) is 12.3. The SMILES string of the molecule is CN1CC(c2cnc(N)c(-c3ccc(C(=O)NC(CO)c4ccccc4)c(F)c3)c2)CC1=O. The molecule has 1 aliphatic rings. The number of nitrogen functional groups attached to an aromatic ring is 1. The Morgan fingerprint density at radius 1 is 1.27 bits per heavy atom. The molecule has 1 aliphatic heterocycles. The molecule has 8 heteroatoms. The minimum atomic E-state index is -0.713. The number of nitrogens with one attached hydrogen (secondary N) is 1. The van der Waals surface area contributed by atoms with E-state index in [1.54, 1.807) is 48.5 Å². The highest BCUT2D eigenvalue weighted by Crippen LogP contribution is 2.33. The zero-order valence-corrected chi connectivity index (χ0v) is 18.2. The number of benzene rings is 2. The fourth-order valence-electron chi connectivity index (χ4n) is 4.06. The minimum absolute atomic E-state index is 0.00218. The van der Waals surface area contributed by atoms with Crippen molar-refractivity contribution in [1.29, 1.82) is 0 Å². The number of anilines is 1. The summed E-state index contributed by atoms with van der Waals surface area (Å²) in [6.45, 7) is 0.272. The lowest BCUT2D eigenvalue weighted by atomic mass is 9.95.